The number of hydrogen-bond acceptors (Lipinski definition) is 3. The van der Waals surface area contributed by atoms with E-state index in [-0.39, 0.29) is 18.6 Å². The van der Waals surface area contributed by atoms with Crippen molar-refractivity contribution in [2.75, 3.05) is 6.61 Å². The van der Waals surface area contributed by atoms with Gasteiger partial charge in [0.05, 0.1) is 0 Å². The highest BCUT2D eigenvalue weighted by Gasteiger charge is 2.28. The average Bonchev–Trinajstić information content (AvgIpc) is 2.50. The highest BCUT2D eigenvalue weighted by molar-refractivity contribution is 5.92. The third-order valence-electron chi connectivity index (χ3n) is 4.33. The molecule has 1 aliphatic carbocycles. The summed E-state index contributed by atoms with van der Waals surface area (Å²) in [5.74, 6) is 6.34. The smallest absolute Gasteiger partial charge is 0.270 e. The third kappa shape index (κ3) is 4.05. The summed E-state index contributed by atoms with van der Waals surface area (Å²) in [4.78, 5) is 16.4. The van der Waals surface area contributed by atoms with E-state index >= 15 is 0 Å². The minimum atomic E-state index is -0.181. The second-order valence-electron chi connectivity index (χ2n) is 5.74. The van der Waals surface area contributed by atoms with Crippen LogP contribution in [-0.4, -0.2) is 28.6 Å². The molecule has 1 aromatic heterocycles. The highest BCUT2D eigenvalue weighted by Crippen LogP contribution is 2.29. The normalized spacial score (nSPS) is 24.8. The van der Waals surface area contributed by atoms with Crippen LogP contribution in [0.1, 0.15) is 49.2 Å². The Labute approximate surface area is 126 Å². The van der Waals surface area contributed by atoms with Crippen LogP contribution in [0.25, 0.3) is 0 Å². The van der Waals surface area contributed by atoms with Gasteiger partial charge in [0.2, 0.25) is 0 Å². The molecule has 2 N–H and O–H groups in total. The number of amides is 1. The summed E-state index contributed by atoms with van der Waals surface area (Å²) in [5, 5.41) is 11.7. The predicted molar refractivity (Wildman–Crippen MR) is 81.6 cm³/mol. The van der Waals surface area contributed by atoms with Gasteiger partial charge in [-0.1, -0.05) is 38.5 Å². The van der Waals surface area contributed by atoms with Crippen molar-refractivity contribution in [3.8, 4) is 11.8 Å². The lowest BCUT2D eigenvalue weighted by Gasteiger charge is -2.34. The van der Waals surface area contributed by atoms with Gasteiger partial charge in [0, 0.05) is 17.8 Å². The molecule has 1 aliphatic rings. The molecule has 3 unspecified atom stereocenters. The lowest BCUT2D eigenvalue weighted by atomic mass is 9.78. The van der Waals surface area contributed by atoms with E-state index in [9.17, 15) is 4.79 Å². The highest BCUT2D eigenvalue weighted by atomic mass is 16.2. The standard InChI is InChI=1S/C17H22N2O2/c1-12-5-3-7-15(13(12)2)19-17(21)16-9-8-14(11-18-16)6-4-10-20/h8-9,11-13,15,20H,3,5,7,10H2,1-2H3,(H,19,21). The first kappa shape index (κ1) is 15.5. The predicted octanol–water partition coefficient (Wildman–Crippen LogP) is 1.98. The summed E-state index contributed by atoms with van der Waals surface area (Å²) >= 11 is 0. The van der Waals surface area contributed by atoms with Crippen molar-refractivity contribution in [2.45, 2.75) is 39.2 Å². The molecule has 0 saturated heterocycles. The number of nitrogens with one attached hydrogen (secondary N) is 1. The molecule has 0 spiro atoms. The maximum atomic E-state index is 12.2. The van der Waals surface area contributed by atoms with Gasteiger partial charge in [0.1, 0.15) is 12.3 Å². The maximum Gasteiger partial charge on any atom is 0.270 e. The second-order valence-corrected chi connectivity index (χ2v) is 5.74. The number of pyridine rings is 1. The van der Waals surface area contributed by atoms with Crippen molar-refractivity contribution < 1.29 is 9.90 Å². The number of nitrogens with zero attached hydrogens (tertiary/aromatic N) is 1. The van der Waals surface area contributed by atoms with Gasteiger partial charge in [0.15, 0.2) is 0 Å². The monoisotopic (exact) mass is 286 g/mol. The van der Waals surface area contributed by atoms with Crippen LogP contribution in [0.5, 0.6) is 0 Å². The van der Waals surface area contributed by atoms with Crippen molar-refractivity contribution in [3.63, 3.8) is 0 Å². The van der Waals surface area contributed by atoms with Gasteiger partial charge < -0.3 is 10.4 Å². The fourth-order valence-corrected chi connectivity index (χ4v) is 2.77. The SMILES string of the molecule is CC1CCCC(NC(=O)c2ccc(C#CCO)cn2)C1C. The van der Waals surface area contributed by atoms with Crippen LogP contribution in [0, 0.1) is 23.7 Å². The molecule has 112 valence electrons. The van der Waals surface area contributed by atoms with E-state index in [4.69, 9.17) is 5.11 Å². The molecule has 0 aliphatic heterocycles. The zero-order valence-corrected chi connectivity index (χ0v) is 12.6. The summed E-state index contributed by atoms with van der Waals surface area (Å²) in [6, 6.07) is 3.66. The summed E-state index contributed by atoms with van der Waals surface area (Å²) in [7, 11) is 0. The Morgan fingerprint density at radius 1 is 1.43 bits per heavy atom. The molecular formula is C17H22N2O2. The van der Waals surface area contributed by atoms with Crippen molar-refractivity contribution >= 4 is 5.91 Å². The van der Waals surface area contributed by atoms with Crippen molar-refractivity contribution in [3.05, 3.63) is 29.6 Å². The van der Waals surface area contributed by atoms with Gasteiger partial charge in [-0.25, -0.2) is 4.98 Å². The molecule has 0 bridgehead atoms. The van der Waals surface area contributed by atoms with Gasteiger partial charge in [-0.15, -0.1) is 0 Å². The summed E-state index contributed by atoms with van der Waals surface area (Å²) in [6.45, 7) is 4.27. The molecule has 1 amide bonds. The van der Waals surface area contributed by atoms with Gasteiger partial charge in [-0.05, 0) is 30.4 Å². The Hall–Kier alpha value is -1.86. The molecule has 0 aromatic carbocycles. The minimum Gasteiger partial charge on any atom is -0.384 e. The molecule has 3 atom stereocenters. The number of aromatic nitrogens is 1. The van der Waals surface area contributed by atoms with Crippen LogP contribution in [-0.2, 0) is 0 Å². The number of aliphatic hydroxyl groups is 1. The summed E-state index contributed by atoms with van der Waals surface area (Å²) in [5.41, 5.74) is 1.11. The van der Waals surface area contributed by atoms with Crippen molar-refractivity contribution in [1.29, 1.82) is 0 Å². The topological polar surface area (TPSA) is 62.2 Å². The molecule has 4 heteroatoms. The molecule has 1 aromatic rings. The number of hydrogen-bond donors (Lipinski definition) is 2. The fourth-order valence-electron chi connectivity index (χ4n) is 2.77. The second kappa shape index (κ2) is 7.24. The minimum absolute atomic E-state index is 0.123. The molecule has 2 rings (SSSR count). The van der Waals surface area contributed by atoms with Crippen molar-refractivity contribution in [2.24, 2.45) is 11.8 Å². The number of carbonyl (C=O) groups excluding carboxylic acids is 1. The van der Waals surface area contributed by atoms with Gasteiger partial charge in [-0.2, -0.15) is 0 Å². The molecule has 1 heterocycles. The summed E-state index contributed by atoms with van der Waals surface area (Å²) in [6.07, 6.45) is 5.01. The van der Waals surface area contributed by atoms with Crippen LogP contribution in [0.4, 0.5) is 0 Å². The molecular weight excluding hydrogens is 264 g/mol. The average molecular weight is 286 g/mol. The van der Waals surface area contributed by atoms with Crippen molar-refractivity contribution in [1.82, 2.24) is 10.3 Å². The number of rotatable bonds is 2. The third-order valence-corrected chi connectivity index (χ3v) is 4.33. The van der Waals surface area contributed by atoms with E-state index in [1.54, 1.807) is 18.3 Å². The summed E-state index contributed by atoms with van der Waals surface area (Å²) < 4.78 is 0. The first-order valence-corrected chi connectivity index (χ1v) is 7.48. The van der Waals surface area contributed by atoms with Gasteiger partial charge in [0.25, 0.3) is 5.91 Å². The Bertz CT molecular complexity index is 542. The lowest BCUT2D eigenvalue weighted by Crippen LogP contribution is -2.43. The fraction of sp³-hybridized carbons (Fsp3) is 0.529. The number of carbonyl (C=O) groups is 1. The van der Waals surface area contributed by atoms with Crippen LogP contribution in [0.3, 0.4) is 0 Å². The zero-order valence-electron chi connectivity index (χ0n) is 12.6. The maximum absolute atomic E-state index is 12.2. The number of aliphatic hydroxyl groups excluding tert-OH is 1. The Morgan fingerprint density at radius 2 is 2.24 bits per heavy atom. The van der Waals surface area contributed by atoms with E-state index in [0.717, 1.165) is 6.42 Å². The van der Waals surface area contributed by atoms with E-state index in [1.807, 2.05) is 0 Å². The first-order chi connectivity index (χ1) is 10.1. The Balaban J connectivity index is 2.00. The largest absolute Gasteiger partial charge is 0.384 e. The van der Waals surface area contributed by atoms with Crippen LogP contribution >= 0.6 is 0 Å². The van der Waals surface area contributed by atoms with Crippen LogP contribution < -0.4 is 5.32 Å². The van der Waals surface area contributed by atoms with Crippen LogP contribution in [0.2, 0.25) is 0 Å². The molecule has 1 fully saturated rings. The van der Waals surface area contributed by atoms with Gasteiger partial charge >= 0.3 is 0 Å². The van der Waals surface area contributed by atoms with Gasteiger partial charge in [-0.3, -0.25) is 4.79 Å². The molecule has 0 radical (unpaired) electrons. The molecule has 21 heavy (non-hydrogen) atoms. The van der Waals surface area contributed by atoms with E-state index < -0.39 is 0 Å². The Morgan fingerprint density at radius 3 is 2.90 bits per heavy atom. The van der Waals surface area contributed by atoms with E-state index in [0.29, 0.717) is 23.1 Å². The van der Waals surface area contributed by atoms with E-state index in [2.05, 4.69) is 36.0 Å². The quantitative estimate of drug-likeness (QED) is 0.817. The van der Waals surface area contributed by atoms with E-state index in [1.165, 1.54) is 12.8 Å². The molecule has 1 saturated carbocycles. The lowest BCUT2D eigenvalue weighted by molar-refractivity contribution is 0.0886. The zero-order chi connectivity index (χ0) is 15.2. The van der Waals surface area contributed by atoms with Crippen LogP contribution in [0.15, 0.2) is 18.3 Å². The first-order valence-electron chi connectivity index (χ1n) is 7.48. The Kier molecular flexibility index (Phi) is 5.35. The molecule has 4 nitrogen and oxygen atoms in total.